The van der Waals surface area contributed by atoms with Gasteiger partial charge in [0.25, 0.3) is 0 Å². The Hall–Kier alpha value is -2.46. The van der Waals surface area contributed by atoms with Gasteiger partial charge in [-0.2, -0.15) is 0 Å². The molecule has 0 saturated carbocycles. The van der Waals surface area contributed by atoms with Gasteiger partial charge in [-0.15, -0.1) is 0 Å². The molecule has 180 valence electrons. The van der Waals surface area contributed by atoms with Gasteiger partial charge in [0.1, 0.15) is 5.75 Å². The summed E-state index contributed by atoms with van der Waals surface area (Å²) in [5.41, 5.74) is 1.04. The summed E-state index contributed by atoms with van der Waals surface area (Å²) in [6.45, 7) is 7.04. The lowest BCUT2D eigenvalue weighted by Crippen LogP contribution is -2.48. The molecule has 0 aliphatic carbocycles. The molecule has 2 aromatic rings. The summed E-state index contributed by atoms with van der Waals surface area (Å²) < 4.78 is 32.9. The van der Waals surface area contributed by atoms with Crippen LogP contribution in [0.1, 0.15) is 24.9 Å². The molecule has 8 nitrogen and oxygen atoms in total. The quantitative estimate of drug-likeness (QED) is 0.517. The number of piperazine rings is 1. The Labute approximate surface area is 197 Å². The number of carbonyl (C=O) groups is 1. The molecule has 3 rings (SSSR count). The van der Waals surface area contributed by atoms with Crippen molar-refractivity contribution in [3.63, 3.8) is 0 Å². The summed E-state index contributed by atoms with van der Waals surface area (Å²) in [5.74, 6) is 0.426. The number of hydrogen-bond acceptors (Lipinski definition) is 6. The summed E-state index contributed by atoms with van der Waals surface area (Å²) in [4.78, 5) is 17.5. The molecule has 9 heteroatoms. The monoisotopic (exact) mass is 474 g/mol. The second-order valence-electron chi connectivity index (χ2n) is 8.19. The molecule has 33 heavy (non-hydrogen) atoms. The number of hydrogen-bond donors (Lipinski definition) is 2. The SMILES string of the molecule is CCOc1ccc(S(=O)(=O)NCCC(=O)NC(CN2CCN(C)CC2)c2ccccc2)cc1. The Kier molecular flexibility index (Phi) is 9.25. The smallest absolute Gasteiger partial charge is 0.240 e. The third kappa shape index (κ3) is 7.82. The maximum Gasteiger partial charge on any atom is 0.240 e. The van der Waals surface area contributed by atoms with Crippen molar-refractivity contribution < 1.29 is 17.9 Å². The predicted molar refractivity (Wildman–Crippen MR) is 129 cm³/mol. The first-order chi connectivity index (χ1) is 15.9. The van der Waals surface area contributed by atoms with Crippen molar-refractivity contribution in [3.8, 4) is 5.75 Å². The van der Waals surface area contributed by atoms with E-state index in [9.17, 15) is 13.2 Å². The lowest BCUT2D eigenvalue weighted by atomic mass is 10.1. The van der Waals surface area contributed by atoms with E-state index in [0.29, 0.717) is 12.4 Å². The van der Waals surface area contributed by atoms with Gasteiger partial charge in [0, 0.05) is 45.7 Å². The van der Waals surface area contributed by atoms with Crippen LogP contribution in [0.25, 0.3) is 0 Å². The molecule has 1 atom stereocenters. The first-order valence-electron chi connectivity index (χ1n) is 11.3. The molecule has 1 aliphatic rings. The molecule has 0 bridgehead atoms. The molecule has 1 fully saturated rings. The second-order valence-corrected chi connectivity index (χ2v) is 9.95. The van der Waals surface area contributed by atoms with Gasteiger partial charge in [0.2, 0.25) is 15.9 Å². The first-order valence-corrected chi connectivity index (χ1v) is 12.8. The Balaban J connectivity index is 1.54. The zero-order valence-electron chi connectivity index (χ0n) is 19.4. The number of ether oxygens (including phenoxy) is 1. The van der Waals surface area contributed by atoms with Crippen molar-refractivity contribution in [2.45, 2.75) is 24.3 Å². The fourth-order valence-corrected chi connectivity index (χ4v) is 4.77. The minimum atomic E-state index is -3.69. The molecule has 1 unspecified atom stereocenters. The summed E-state index contributed by atoms with van der Waals surface area (Å²) in [6, 6.07) is 16.0. The van der Waals surface area contributed by atoms with Crippen LogP contribution in [-0.2, 0) is 14.8 Å². The van der Waals surface area contributed by atoms with Gasteiger partial charge < -0.3 is 15.0 Å². The van der Waals surface area contributed by atoms with E-state index >= 15 is 0 Å². The van der Waals surface area contributed by atoms with Crippen molar-refractivity contribution >= 4 is 15.9 Å². The molecule has 0 radical (unpaired) electrons. The maximum absolute atomic E-state index is 12.7. The molecule has 1 heterocycles. The lowest BCUT2D eigenvalue weighted by molar-refractivity contribution is -0.121. The third-order valence-corrected chi connectivity index (χ3v) is 7.14. The van der Waals surface area contributed by atoms with Crippen molar-refractivity contribution in [2.75, 3.05) is 52.9 Å². The van der Waals surface area contributed by atoms with Gasteiger partial charge in [0.05, 0.1) is 17.5 Å². The fourth-order valence-electron chi connectivity index (χ4n) is 3.74. The Bertz CT molecular complexity index is 975. The lowest BCUT2D eigenvalue weighted by Gasteiger charge is -2.35. The van der Waals surface area contributed by atoms with Crippen LogP contribution in [0.15, 0.2) is 59.5 Å². The summed E-state index contributed by atoms with van der Waals surface area (Å²) in [5, 5.41) is 3.09. The van der Waals surface area contributed by atoms with Gasteiger partial charge in [-0.3, -0.25) is 9.69 Å². The van der Waals surface area contributed by atoms with Crippen LogP contribution in [0.2, 0.25) is 0 Å². The molecule has 0 spiro atoms. The number of benzene rings is 2. The second kappa shape index (κ2) is 12.1. The van der Waals surface area contributed by atoms with Crippen molar-refractivity contribution in [2.24, 2.45) is 0 Å². The summed E-state index contributed by atoms with van der Waals surface area (Å²) in [6.07, 6.45) is 0.0579. The predicted octanol–water partition coefficient (Wildman–Crippen LogP) is 1.86. The van der Waals surface area contributed by atoms with Crippen LogP contribution in [0.3, 0.4) is 0 Å². The number of sulfonamides is 1. The normalized spacial score (nSPS) is 16.3. The zero-order chi connectivity index (χ0) is 23.7. The maximum atomic E-state index is 12.7. The minimum Gasteiger partial charge on any atom is -0.494 e. The van der Waals surface area contributed by atoms with Gasteiger partial charge in [-0.25, -0.2) is 13.1 Å². The Morgan fingerprint density at radius 1 is 1.03 bits per heavy atom. The number of rotatable bonds is 11. The van der Waals surface area contributed by atoms with Gasteiger partial charge in [-0.05, 0) is 43.8 Å². The van der Waals surface area contributed by atoms with E-state index < -0.39 is 10.0 Å². The number of nitrogens with zero attached hydrogens (tertiary/aromatic N) is 2. The molecular formula is C24H34N4O4S. The van der Waals surface area contributed by atoms with Crippen molar-refractivity contribution in [1.29, 1.82) is 0 Å². The first kappa shape index (κ1) is 25.2. The number of likely N-dealkylation sites (N-methyl/N-ethyl adjacent to an activating group) is 1. The number of carbonyl (C=O) groups excluding carboxylic acids is 1. The van der Waals surface area contributed by atoms with E-state index in [2.05, 4.69) is 26.9 Å². The van der Waals surface area contributed by atoms with E-state index in [-0.39, 0.29) is 29.8 Å². The molecule has 1 amide bonds. The molecule has 1 aliphatic heterocycles. The van der Waals surface area contributed by atoms with Crippen LogP contribution in [0.5, 0.6) is 5.75 Å². The van der Waals surface area contributed by atoms with Gasteiger partial charge >= 0.3 is 0 Å². The largest absolute Gasteiger partial charge is 0.494 e. The topological polar surface area (TPSA) is 91.0 Å². The molecular weight excluding hydrogens is 440 g/mol. The van der Waals surface area contributed by atoms with Crippen LogP contribution in [-0.4, -0.2) is 77.0 Å². The minimum absolute atomic E-state index is 0.0252. The van der Waals surface area contributed by atoms with Gasteiger partial charge in [-0.1, -0.05) is 30.3 Å². The van der Waals surface area contributed by atoms with Crippen molar-refractivity contribution in [3.05, 3.63) is 60.2 Å². The number of amides is 1. The van der Waals surface area contributed by atoms with E-state index in [1.807, 2.05) is 37.3 Å². The molecule has 2 aromatic carbocycles. The fraction of sp³-hybridized carbons (Fsp3) is 0.458. The number of nitrogens with one attached hydrogen (secondary N) is 2. The molecule has 0 aromatic heterocycles. The zero-order valence-corrected chi connectivity index (χ0v) is 20.2. The van der Waals surface area contributed by atoms with Crippen LogP contribution < -0.4 is 14.8 Å². The van der Waals surface area contributed by atoms with Crippen LogP contribution in [0.4, 0.5) is 0 Å². The average Bonchev–Trinajstić information content (AvgIpc) is 2.81. The highest BCUT2D eigenvalue weighted by atomic mass is 32.2. The average molecular weight is 475 g/mol. The summed E-state index contributed by atoms with van der Waals surface area (Å²) >= 11 is 0. The highest BCUT2D eigenvalue weighted by Gasteiger charge is 2.21. The highest BCUT2D eigenvalue weighted by molar-refractivity contribution is 7.89. The van der Waals surface area contributed by atoms with E-state index in [1.54, 1.807) is 12.1 Å². The molecule has 2 N–H and O–H groups in total. The van der Waals surface area contributed by atoms with Crippen molar-refractivity contribution in [1.82, 2.24) is 19.8 Å². The van der Waals surface area contributed by atoms with Crippen LogP contribution >= 0.6 is 0 Å². The molecule has 1 saturated heterocycles. The summed E-state index contributed by atoms with van der Waals surface area (Å²) in [7, 11) is -1.58. The Morgan fingerprint density at radius 2 is 1.70 bits per heavy atom. The van der Waals surface area contributed by atoms with Gasteiger partial charge in [0.15, 0.2) is 0 Å². The standard InChI is InChI=1S/C24H34N4O4S/c1-3-32-21-9-11-22(12-10-21)33(30,31)25-14-13-24(29)26-23(20-7-5-4-6-8-20)19-28-17-15-27(2)16-18-28/h4-12,23,25H,3,13-19H2,1-2H3,(H,26,29). The highest BCUT2D eigenvalue weighted by Crippen LogP contribution is 2.17. The third-order valence-electron chi connectivity index (χ3n) is 5.66. The van der Waals surface area contributed by atoms with Crippen LogP contribution in [0, 0.1) is 0 Å². The van der Waals surface area contributed by atoms with E-state index in [1.165, 1.54) is 12.1 Å². The van der Waals surface area contributed by atoms with E-state index in [0.717, 1.165) is 38.3 Å². The van der Waals surface area contributed by atoms with E-state index in [4.69, 9.17) is 4.74 Å². The Morgan fingerprint density at radius 3 is 2.33 bits per heavy atom.